The molecule has 1 aromatic carbocycles. The topological polar surface area (TPSA) is 184 Å². The van der Waals surface area contributed by atoms with E-state index in [-0.39, 0.29) is 53.1 Å². The van der Waals surface area contributed by atoms with Crippen molar-refractivity contribution in [2.45, 2.75) is 122 Å². The lowest BCUT2D eigenvalue weighted by Crippen LogP contribution is -2.59. The van der Waals surface area contributed by atoms with Gasteiger partial charge in [-0.25, -0.2) is 8.42 Å². The molecule has 0 radical (unpaired) electrons. The van der Waals surface area contributed by atoms with E-state index >= 15 is 0 Å². The summed E-state index contributed by atoms with van der Waals surface area (Å²) in [4.78, 5) is 71.3. The molecule has 3 N–H and O–H groups in total. The number of nitrogens with one attached hydrogen (secondary N) is 3. The lowest BCUT2D eigenvalue weighted by molar-refractivity contribution is -0.167. The minimum Gasteiger partial charge on any atom is -0.379 e. The average molecular weight is 863 g/mol. The van der Waals surface area contributed by atoms with Crippen molar-refractivity contribution in [2.24, 2.45) is 23.7 Å². The zero-order chi connectivity index (χ0) is 45.2. The molecule has 5 amide bonds. The van der Waals surface area contributed by atoms with Crippen molar-refractivity contribution in [3.05, 3.63) is 29.8 Å². The molecular weight excluding hydrogens is 798 g/mol. The van der Waals surface area contributed by atoms with Gasteiger partial charge in [0.2, 0.25) is 33.7 Å². The van der Waals surface area contributed by atoms with Gasteiger partial charge >= 0.3 is 12.1 Å². The molecule has 15 nitrogen and oxygen atoms in total. The van der Waals surface area contributed by atoms with Gasteiger partial charge in [0.25, 0.3) is 0 Å². The van der Waals surface area contributed by atoms with Gasteiger partial charge in [0, 0.05) is 33.5 Å². The number of carbonyl (C=O) groups is 5. The van der Waals surface area contributed by atoms with Crippen molar-refractivity contribution < 1.29 is 55.0 Å². The molecule has 1 unspecified atom stereocenters. The Hall–Kier alpha value is -3.81. The zero-order valence-electron chi connectivity index (χ0n) is 36.4. The normalized spacial score (nSPS) is 18.5. The molecule has 19 heteroatoms. The van der Waals surface area contributed by atoms with E-state index in [4.69, 9.17) is 9.47 Å². The molecule has 336 valence electrons. The van der Waals surface area contributed by atoms with E-state index in [0.29, 0.717) is 25.8 Å². The number of benzene rings is 1. The van der Waals surface area contributed by atoms with Crippen molar-refractivity contribution in [1.82, 2.24) is 24.7 Å². The number of nitrogens with zero attached hydrogens (tertiary/aromatic N) is 3. The van der Waals surface area contributed by atoms with Crippen LogP contribution in [0.15, 0.2) is 24.3 Å². The molecule has 1 aliphatic rings. The third kappa shape index (κ3) is 14.1. The van der Waals surface area contributed by atoms with Crippen LogP contribution in [-0.4, -0.2) is 137 Å². The zero-order valence-corrected chi connectivity index (χ0v) is 37.2. The highest BCUT2D eigenvalue weighted by molar-refractivity contribution is 7.89. The van der Waals surface area contributed by atoms with E-state index < -0.39 is 76.1 Å². The number of likely N-dealkylation sites (tertiary alicyclic amines) is 1. The van der Waals surface area contributed by atoms with Crippen LogP contribution in [0, 0.1) is 23.7 Å². The van der Waals surface area contributed by atoms with Crippen LogP contribution in [-0.2, 0) is 49.2 Å². The number of likely N-dealkylation sites (N-methyl/N-ethyl adjacent to an activating group) is 2. The summed E-state index contributed by atoms with van der Waals surface area (Å²) in [6.07, 6.45) is -5.15. The van der Waals surface area contributed by atoms with Gasteiger partial charge in [-0.15, -0.1) is 0 Å². The van der Waals surface area contributed by atoms with Crippen molar-refractivity contribution in [3.63, 3.8) is 0 Å². The highest BCUT2D eigenvalue weighted by atomic mass is 32.2. The van der Waals surface area contributed by atoms with E-state index in [1.807, 2.05) is 65.3 Å². The molecule has 0 aromatic heterocycles. The number of methoxy groups -OCH3 is 2. The number of hydrogen-bond acceptors (Lipinski definition) is 10. The summed E-state index contributed by atoms with van der Waals surface area (Å²) < 4.78 is 77.5. The Balaban J connectivity index is 2.23. The van der Waals surface area contributed by atoms with E-state index in [2.05, 4.69) is 5.32 Å². The lowest BCUT2D eigenvalue weighted by atomic mass is 9.89. The minimum absolute atomic E-state index is 0.00562. The second-order valence-electron chi connectivity index (χ2n) is 16.3. The second kappa shape index (κ2) is 22.2. The van der Waals surface area contributed by atoms with Crippen LogP contribution >= 0.6 is 0 Å². The molecule has 59 heavy (non-hydrogen) atoms. The number of alkyl halides is 3. The third-order valence-corrected chi connectivity index (χ3v) is 12.3. The fourth-order valence-electron chi connectivity index (χ4n) is 7.80. The molecule has 1 aliphatic heterocycles. The summed E-state index contributed by atoms with van der Waals surface area (Å²) >= 11 is 0. The molecule has 1 aromatic rings. The number of anilines is 1. The smallest absolute Gasteiger partial charge is 0.379 e. The van der Waals surface area contributed by atoms with Crippen LogP contribution in [0.3, 0.4) is 0 Å². The van der Waals surface area contributed by atoms with Crippen LogP contribution in [0.4, 0.5) is 18.9 Å². The fourth-order valence-corrected chi connectivity index (χ4v) is 9.00. The van der Waals surface area contributed by atoms with Gasteiger partial charge in [-0.2, -0.15) is 13.2 Å². The third-order valence-electron chi connectivity index (χ3n) is 11.0. The monoisotopic (exact) mass is 862 g/mol. The Morgan fingerprint density at radius 3 is 1.98 bits per heavy atom. The predicted octanol–water partition coefficient (Wildman–Crippen LogP) is 3.78. The molecule has 0 saturated carbocycles. The standard InChI is InChI=1S/C40H65F3N6O9S/c1-13-25(6)34(48(10)38(53)32(23(2)3)45-37(52)33(24(4)5)47(8)9)30(57-11)21-31(50)49-20-14-15-29(49)35(58-12)26(7)36(51)46-59(55,56)22-27-16-18-28(19-17-27)44-39(54)40(41,42)43/h16-19,23-26,29-30,32-35H,13-15,20-22H2,1-12H3,(H,44,54)(H,45,52)(H,46,51)/t25-,26+,29-,30+,32-,33?,34-,35+/m0/s1. The molecule has 0 bridgehead atoms. The van der Waals surface area contributed by atoms with Crippen molar-refractivity contribution >= 4 is 45.2 Å². The number of rotatable bonds is 21. The molecule has 1 fully saturated rings. The maximum Gasteiger partial charge on any atom is 0.471 e. The van der Waals surface area contributed by atoms with Crippen molar-refractivity contribution in [3.8, 4) is 0 Å². The highest BCUT2D eigenvalue weighted by Crippen LogP contribution is 2.30. The fraction of sp³-hybridized carbons (Fsp3) is 0.725. The molecule has 0 aliphatic carbocycles. The Bertz CT molecular complexity index is 1690. The van der Waals surface area contributed by atoms with Gasteiger partial charge in [0.15, 0.2) is 0 Å². The molecule has 2 rings (SSSR count). The van der Waals surface area contributed by atoms with Gasteiger partial charge in [-0.1, -0.05) is 67.0 Å². The summed E-state index contributed by atoms with van der Waals surface area (Å²) in [5, 5.41) is 4.65. The van der Waals surface area contributed by atoms with Crippen molar-refractivity contribution in [2.75, 3.05) is 47.2 Å². The summed E-state index contributed by atoms with van der Waals surface area (Å²) in [5.41, 5.74) is -0.0544. The Kier molecular flexibility index (Phi) is 19.3. The SMILES string of the molecule is CC[C@H](C)[C@@H]([C@@H](CC(=O)N1CCC[C@H]1[C@H](OC)[C@@H](C)C(=O)NS(=O)(=O)Cc1ccc(NC(=O)C(F)(F)F)cc1)OC)N(C)C(=O)[C@@H](NC(=O)C(C(C)C)N(C)C)C(C)C. The van der Waals surface area contributed by atoms with Crippen LogP contribution in [0.25, 0.3) is 0 Å². The maximum atomic E-state index is 14.2. The van der Waals surface area contributed by atoms with E-state index in [1.165, 1.54) is 33.3 Å². The number of ether oxygens (including phenoxy) is 2. The largest absolute Gasteiger partial charge is 0.471 e. The van der Waals surface area contributed by atoms with Crippen molar-refractivity contribution in [1.29, 1.82) is 0 Å². The number of halogens is 3. The summed E-state index contributed by atoms with van der Waals surface area (Å²) in [6.45, 7) is 13.4. The number of amides is 5. The second-order valence-corrected chi connectivity index (χ2v) is 18.1. The predicted molar refractivity (Wildman–Crippen MR) is 217 cm³/mol. The molecular formula is C40H65F3N6O9S. The number of hydrogen-bond donors (Lipinski definition) is 3. The first-order valence-electron chi connectivity index (χ1n) is 19.9. The molecule has 0 spiro atoms. The highest BCUT2D eigenvalue weighted by Gasteiger charge is 2.44. The lowest BCUT2D eigenvalue weighted by Gasteiger charge is -2.41. The molecule has 1 heterocycles. The van der Waals surface area contributed by atoms with E-state index in [0.717, 1.165) is 12.1 Å². The molecule has 8 atom stereocenters. The van der Waals surface area contributed by atoms with Gasteiger partial charge in [-0.05, 0) is 62.4 Å². The van der Waals surface area contributed by atoms with Crippen LogP contribution in [0.2, 0.25) is 0 Å². The molecule has 1 saturated heterocycles. The first-order chi connectivity index (χ1) is 27.3. The van der Waals surface area contributed by atoms with E-state index in [1.54, 1.807) is 22.2 Å². The summed E-state index contributed by atoms with van der Waals surface area (Å²) in [6, 6.07) is 2.19. The summed E-state index contributed by atoms with van der Waals surface area (Å²) in [7, 11) is 3.83. The van der Waals surface area contributed by atoms with Gasteiger partial charge in [-0.3, -0.25) is 33.6 Å². The van der Waals surface area contributed by atoms with Crippen LogP contribution in [0.5, 0.6) is 0 Å². The minimum atomic E-state index is -5.10. The number of carbonyl (C=O) groups excluding carboxylic acids is 5. The van der Waals surface area contributed by atoms with Gasteiger partial charge < -0.3 is 29.9 Å². The Morgan fingerprint density at radius 1 is 0.915 bits per heavy atom. The van der Waals surface area contributed by atoms with Gasteiger partial charge in [0.1, 0.15) is 6.04 Å². The number of sulfonamides is 1. The summed E-state index contributed by atoms with van der Waals surface area (Å²) in [5.74, 6) is -6.03. The average Bonchev–Trinajstić information content (AvgIpc) is 3.62. The quantitative estimate of drug-likeness (QED) is 0.165. The first kappa shape index (κ1) is 51.3. The Morgan fingerprint density at radius 2 is 1.51 bits per heavy atom. The van der Waals surface area contributed by atoms with Crippen LogP contribution < -0.4 is 15.4 Å². The van der Waals surface area contributed by atoms with E-state index in [9.17, 15) is 45.6 Å². The van der Waals surface area contributed by atoms with Crippen LogP contribution in [0.1, 0.15) is 79.7 Å². The maximum absolute atomic E-state index is 14.2. The first-order valence-corrected chi connectivity index (χ1v) is 21.6. The Labute approximate surface area is 347 Å². The van der Waals surface area contributed by atoms with Gasteiger partial charge in [0.05, 0.1) is 48.4 Å².